The van der Waals surface area contributed by atoms with Gasteiger partial charge in [-0.2, -0.15) is 5.10 Å². The highest BCUT2D eigenvalue weighted by Gasteiger charge is 2.35. The van der Waals surface area contributed by atoms with Crippen LogP contribution < -0.4 is 25.4 Å². The van der Waals surface area contributed by atoms with Crippen LogP contribution in [0.1, 0.15) is 62.3 Å². The Morgan fingerprint density at radius 3 is 2.80 bits per heavy atom. The molecule has 0 saturated carbocycles. The van der Waals surface area contributed by atoms with Crippen molar-refractivity contribution in [3.63, 3.8) is 0 Å². The molecular formula is C31H39N7O2. The summed E-state index contributed by atoms with van der Waals surface area (Å²) >= 11 is 0. The normalized spacial score (nSPS) is 20.8. The minimum Gasteiger partial charge on any atom is -0.497 e. The third kappa shape index (κ3) is 5.19. The van der Waals surface area contributed by atoms with Gasteiger partial charge in [-0.25, -0.2) is 10.4 Å². The van der Waals surface area contributed by atoms with E-state index in [9.17, 15) is 0 Å². The van der Waals surface area contributed by atoms with Crippen LogP contribution in [0.3, 0.4) is 0 Å². The zero-order valence-electron chi connectivity index (χ0n) is 23.8. The van der Waals surface area contributed by atoms with Gasteiger partial charge in [-0.1, -0.05) is 18.2 Å². The molecule has 3 aliphatic heterocycles. The number of hydrazine groups is 1. The van der Waals surface area contributed by atoms with Crippen LogP contribution in [0.25, 0.3) is 5.57 Å². The number of pyridine rings is 1. The molecule has 40 heavy (non-hydrogen) atoms. The number of aryl methyl sites for hydroxylation is 1. The average Bonchev–Trinajstić information content (AvgIpc) is 3.56. The van der Waals surface area contributed by atoms with Gasteiger partial charge in [0.2, 0.25) is 0 Å². The van der Waals surface area contributed by atoms with Crippen LogP contribution in [0.5, 0.6) is 5.75 Å². The van der Waals surface area contributed by atoms with Gasteiger partial charge in [-0.05, 0) is 75.7 Å². The molecule has 0 amide bonds. The van der Waals surface area contributed by atoms with Gasteiger partial charge in [-0.15, -0.1) is 0 Å². The standard InChI is InChI=1S/C31H39N7O2/c1-21(2)38-30-28-18-27(34-29(30)22(3)35-38)26-8-7-14-32-31(26)40-17-6-5-16-37-24(13-15-33-37)20-36(28)19-23-9-11-25(39-4)12-10-23/h7-15,18,21-22,31-32,35H,5-6,16-17,19-20H2,1-4H3. The number of hydrogen-bond donors (Lipinski definition) is 2. The number of dihydropyridines is 1. The van der Waals surface area contributed by atoms with Gasteiger partial charge in [0.15, 0.2) is 6.23 Å². The highest BCUT2D eigenvalue weighted by Crippen LogP contribution is 2.43. The Bertz CT molecular complexity index is 1400. The van der Waals surface area contributed by atoms with Crippen molar-refractivity contribution in [3.8, 4) is 5.75 Å². The number of nitrogens with one attached hydrogen (secondary N) is 2. The number of ether oxygens (including phenoxy) is 2. The number of benzene rings is 1. The van der Waals surface area contributed by atoms with E-state index in [4.69, 9.17) is 14.5 Å². The van der Waals surface area contributed by atoms with Gasteiger partial charge in [-0.3, -0.25) is 4.68 Å². The lowest BCUT2D eigenvalue weighted by Gasteiger charge is -2.33. The monoisotopic (exact) mass is 541 g/mol. The van der Waals surface area contributed by atoms with E-state index >= 15 is 0 Å². The van der Waals surface area contributed by atoms with E-state index in [1.54, 1.807) is 7.11 Å². The van der Waals surface area contributed by atoms with Crippen molar-refractivity contribution in [1.29, 1.82) is 0 Å². The van der Waals surface area contributed by atoms with Crippen molar-refractivity contribution in [1.82, 2.24) is 25.5 Å². The van der Waals surface area contributed by atoms with Gasteiger partial charge in [0.1, 0.15) is 5.75 Å². The first-order valence-corrected chi connectivity index (χ1v) is 14.3. The van der Waals surface area contributed by atoms with Crippen molar-refractivity contribution < 1.29 is 9.47 Å². The number of hydrogen-bond acceptors (Lipinski definition) is 8. The molecule has 2 unspecified atom stereocenters. The molecule has 2 aromatic heterocycles. The summed E-state index contributed by atoms with van der Waals surface area (Å²) in [5.41, 5.74) is 11.4. The first kappa shape index (κ1) is 26.4. The van der Waals surface area contributed by atoms with E-state index in [0.29, 0.717) is 6.61 Å². The SMILES string of the molecule is COc1ccc(CN2Cc3ccnn3CCCCOC3NC=CC=C3c3cc2c2c(n3)C(C)NN2C(C)C)cc1. The second kappa shape index (κ2) is 11.3. The Morgan fingerprint density at radius 2 is 2.00 bits per heavy atom. The van der Waals surface area contributed by atoms with Gasteiger partial charge < -0.3 is 24.7 Å². The highest BCUT2D eigenvalue weighted by molar-refractivity contribution is 5.81. The van der Waals surface area contributed by atoms with E-state index in [1.165, 1.54) is 11.3 Å². The summed E-state index contributed by atoms with van der Waals surface area (Å²) in [7, 11) is 1.70. The Kier molecular flexibility index (Phi) is 7.49. The number of fused-ring (bicyclic) bond motifs is 7. The number of nitrogens with zero attached hydrogens (tertiary/aromatic N) is 5. The molecular weight excluding hydrogens is 502 g/mol. The van der Waals surface area contributed by atoms with Gasteiger partial charge in [0.25, 0.3) is 0 Å². The first-order chi connectivity index (χ1) is 19.5. The van der Waals surface area contributed by atoms with Crippen LogP contribution in [-0.2, 0) is 24.4 Å². The zero-order chi connectivity index (χ0) is 27.6. The van der Waals surface area contributed by atoms with Crippen molar-refractivity contribution in [3.05, 3.63) is 83.6 Å². The molecule has 0 aliphatic carbocycles. The maximum atomic E-state index is 6.36. The largest absolute Gasteiger partial charge is 0.497 e. The second-order valence-corrected chi connectivity index (χ2v) is 10.9. The van der Waals surface area contributed by atoms with E-state index in [2.05, 4.69) is 81.5 Å². The van der Waals surface area contributed by atoms with Gasteiger partial charge in [0.05, 0.1) is 48.2 Å². The van der Waals surface area contributed by atoms with Crippen LogP contribution in [0.2, 0.25) is 0 Å². The number of methoxy groups -OCH3 is 1. The molecule has 0 fully saturated rings. The molecule has 0 spiro atoms. The lowest BCUT2D eigenvalue weighted by atomic mass is 10.0. The third-order valence-electron chi connectivity index (χ3n) is 7.78. The average molecular weight is 542 g/mol. The molecule has 210 valence electrons. The quantitative estimate of drug-likeness (QED) is 0.482. The highest BCUT2D eigenvalue weighted by atomic mass is 16.5. The molecule has 3 aliphatic rings. The smallest absolute Gasteiger partial charge is 0.155 e. The number of aromatic nitrogens is 3. The molecule has 5 heterocycles. The maximum Gasteiger partial charge on any atom is 0.155 e. The molecule has 2 N–H and O–H groups in total. The Balaban J connectivity index is 1.53. The predicted octanol–water partition coefficient (Wildman–Crippen LogP) is 4.92. The number of rotatable bonds is 4. The maximum absolute atomic E-state index is 6.36. The Morgan fingerprint density at radius 1 is 1.15 bits per heavy atom. The summed E-state index contributed by atoms with van der Waals surface area (Å²) in [5.74, 6) is 0.856. The first-order valence-electron chi connectivity index (χ1n) is 14.3. The summed E-state index contributed by atoms with van der Waals surface area (Å²) < 4.78 is 13.9. The molecule has 0 saturated heterocycles. The van der Waals surface area contributed by atoms with Gasteiger partial charge >= 0.3 is 0 Å². The van der Waals surface area contributed by atoms with Gasteiger partial charge in [0, 0.05) is 37.5 Å². The van der Waals surface area contributed by atoms with Crippen molar-refractivity contribution in [2.45, 2.75) is 71.6 Å². The third-order valence-corrected chi connectivity index (χ3v) is 7.78. The molecule has 0 radical (unpaired) electrons. The minimum absolute atomic E-state index is 0.0791. The van der Waals surface area contributed by atoms with Crippen molar-refractivity contribution >= 4 is 16.9 Å². The summed E-state index contributed by atoms with van der Waals surface area (Å²) in [6.07, 6.45) is 9.73. The fourth-order valence-corrected chi connectivity index (χ4v) is 5.69. The molecule has 9 heteroatoms. The molecule has 9 nitrogen and oxygen atoms in total. The summed E-state index contributed by atoms with van der Waals surface area (Å²) in [5, 5.41) is 10.4. The molecule has 2 bridgehead atoms. The van der Waals surface area contributed by atoms with E-state index in [1.807, 2.05) is 30.6 Å². The number of allylic oxidation sites excluding steroid dienone is 2. The van der Waals surface area contributed by atoms with Crippen LogP contribution >= 0.6 is 0 Å². The fraction of sp³-hybridized carbons (Fsp3) is 0.419. The summed E-state index contributed by atoms with van der Waals surface area (Å²) in [4.78, 5) is 7.72. The molecule has 1 aromatic carbocycles. The fourth-order valence-electron chi connectivity index (χ4n) is 5.69. The molecule has 6 rings (SSSR count). The van der Waals surface area contributed by atoms with E-state index < -0.39 is 0 Å². The second-order valence-electron chi connectivity index (χ2n) is 10.9. The summed E-state index contributed by atoms with van der Waals surface area (Å²) in [6.45, 7) is 9.58. The minimum atomic E-state index is -0.243. The van der Waals surface area contributed by atoms with E-state index in [-0.39, 0.29) is 18.3 Å². The molecule has 3 aromatic rings. The van der Waals surface area contributed by atoms with Crippen LogP contribution in [0, 0.1) is 0 Å². The summed E-state index contributed by atoms with van der Waals surface area (Å²) in [6, 6.07) is 13.1. The van der Waals surface area contributed by atoms with Crippen LogP contribution in [0.15, 0.2) is 60.9 Å². The molecule has 2 atom stereocenters. The van der Waals surface area contributed by atoms with Crippen LogP contribution in [0.4, 0.5) is 11.4 Å². The zero-order valence-corrected chi connectivity index (χ0v) is 23.8. The van der Waals surface area contributed by atoms with Crippen LogP contribution in [-0.4, -0.2) is 40.8 Å². The topological polar surface area (TPSA) is 79.7 Å². The lowest BCUT2D eigenvalue weighted by molar-refractivity contribution is 0.0740. The van der Waals surface area contributed by atoms with Crippen molar-refractivity contribution in [2.75, 3.05) is 23.6 Å². The Hall–Kier alpha value is -3.82. The Labute approximate surface area is 236 Å². The van der Waals surface area contributed by atoms with E-state index in [0.717, 1.165) is 66.6 Å². The number of anilines is 2. The van der Waals surface area contributed by atoms with Crippen molar-refractivity contribution in [2.24, 2.45) is 0 Å². The lowest BCUT2D eigenvalue weighted by Crippen LogP contribution is -2.40. The predicted molar refractivity (Wildman–Crippen MR) is 158 cm³/mol.